The summed E-state index contributed by atoms with van der Waals surface area (Å²) in [6.07, 6.45) is 2.38. The van der Waals surface area contributed by atoms with E-state index in [1.54, 1.807) is 6.07 Å². The van der Waals surface area contributed by atoms with Crippen LogP contribution < -0.4 is 5.32 Å². The molecule has 0 unspecified atom stereocenters. The normalized spacial score (nSPS) is 15.0. The zero-order valence-corrected chi connectivity index (χ0v) is 10.2. The average molecular weight is 268 g/mol. The first-order chi connectivity index (χ1) is 8.72. The highest BCUT2D eigenvalue weighted by Gasteiger charge is 2.21. The van der Waals surface area contributed by atoms with Gasteiger partial charge in [-0.25, -0.2) is 4.39 Å². The molecule has 1 heterocycles. The van der Waals surface area contributed by atoms with Gasteiger partial charge in [0.2, 0.25) is 0 Å². The lowest BCUT2D eigenvalue weighted by molar-refractivity contribution is 0.618. The minimum Gasteiger partial charge on any atom is -0.307 e. The molecule has 18 heavy (non-hydrogen) atoms. The first-order valence-corrected chi connectivity index (χ1v) is 6.07. The van der Waals surface area contributed by atoms with E-state index in [-0.39, 0.29) is 0 Å². The number of nitrogens with one attached hydrogen (secondary N) is 1. The second kappa shape index (κ2) is 4.62. The van der Waals surface area contributed by atoms with Crippen molar-refractivity contribution in [2.75, 3.05) is 0 Å². The third-order valence-corrected chi connectivity index (χ3v) is 2.97. The molecule has 1 aromatic heterocycles. The molecule has 1 aliphatic rings. The number of rotatable bonds is 4. The lowest BCUT2D eigenvalue weighted by Crippen LogP contribution is -2.18. The lowest BCUT2D eigenvalue weighted by atomic mass is 10.3. The Morgan fingerprint density at radius 2 is 2.22 bits per heavy atom. The minimum atomic E-state index is -0.408. The fourth-order valence-corrected chi connectivity index (χ4v) is 1.92. The van der Waals surface area contributed by atoms with Gasteiger partial charge in [0.15, 0.2) is 5.82 Å². The third kappa shape index (κ3) is 2.49. The molecular weight excluding hydrogens is 257 g/mol. The number of hydrogen-bond acceptors (Lipinski definition) is 4. The van der Waals surface area contributed by atoms with E-state index in [9.17, 15) is 4.39 Å². The van der Waals surface area contributed by atoms with Gasteiger partial charge in [0.25, 0.3) is 0 Å². The summed E-state index contributed by atoms with van der Waals surface area (Å²) in [6.45, 7) is 0.561. The van der Waals surface area contributed by atoms with Gasteiger partial charge in [0, 0.05) is 11.1 Å². The number of halogens is 2. The smallest absolute Gasteiger partial charge is 0.170 e. The van der Waals surface area contributed by atoms with Crippen molar-refractivity contribution < 1.29 is 4.39 Å². The highest BCUT2D eigenvalue weighted by atomic mass is 35.5. The van der Waals surface area contributed by atoms with Crippen LogP contribution in [0.2, 0.25) is 5.02 Å². The van der Waals surface area contributed by atoms with Crippen LogP contribution in [-0.2, 0) is 6.54 Å². The number of hydrogen-bond donors (Lipinski definition) is 1. The van der Waals surface area contributed by atoms with Crippen molar-refractivity contribution in [2.24, 2.45) is 0 Å². The van der Waals surface area contributed by atoms with Gasteiger partial charge in [-0.05, 0) is 41.5 Å². The van der Waals surface area contributed by atoms with Crippen LogP contribution in [0.1, 0.15) is 18.7 Å². The summed E-state index contributed by atoms with van der Waals surface area (Å²) in [5.74, 6) is 0.234. The molecule has 3 rings (SSSR count). The van der Waals surface area contributed by atoms with Crippen molar-refractivity contribution in [1.82, 2.24) is 25.5 Å². The molecule has 0 bridgehead atoms. The molecule has 94 valence electrons. The Labute approximate surface area is 108 Å². The zero-order chi connectivity index (χ0) is 12.5. The van der Waals surface area contributed by atoms with Gasteiger partial charge >= 0.3 is 0 Å². The van der Waals surface area contributed by atoms with Crippen LogP contribution >= 0.6 is 11.6 Å². The second-order valence-electron chi connectivity index (χ2n) is 4.29. The van der Waals surface area contributed by atoms with Gasteiger partial charge in [0.05, 0.1) is 12.2 Å². The molecule has 1 N–H and O–H groups in total. The van der Waals surface area contributed by atoms with Crippen LogP contribution in [0.5, 0.6) is 0 Å². The van der Waals surface area contributed by atoms with Crippen LogP contribution in [-0.4, -0.2) is 26.2 Å². The van der Waals surface area contributed by atoms with Crippen molar-refractivity contribution >= 4 is 11.6 Å². The van der Waals surface area contributed by atoms with E-state index in [1.165, 1.54) is 29.7 Å². The van der Waals surface area contributed by atoms with Crippen molar-refractivity contribution in [3.63, 3.8) is 0 Å². The maximum absolute atomic E-state index is 13.3. The molecule has 1 fully saturated rings. The number of aromatic nitrogens is 4. The maximum atomic E-state index is 13.3. The Bertz CT molecular complexity index is 546. The topological polar surface area (TPSA) is 55.6 Å². The summed E-state index contributed by atoms with van der Waals surface area (Å²) in [4.78, 5) is 0. The van der Waals surface area contributed by atoms with Crippen LogP contribution in [0.4, 0.5) is 4.39 Å². The Hall–Kier alpha value is -1.53. The molecule has 0 radical (unpaired) electrons. The van der Waals surface area contributed by atoms with Gasteiger partial charge in [0.1, 0.15) is 5.82 Å². The van der Waals surface area contributed by atoms with Gasteiger partial charge in [-0.3, -0.25) is 0 Å². The molecular formula is C11H11ClFN5. The molecule has 1 aliphatic carbocycles. The maximum Gasteiger partial charge on any atom is 0.170 e. The summed E-state index contributed by atoms with van der Waals surface area (Å²) < 4.78 is 14.8. The lowest BCUT2D eigenvalue weighted by Gasteiger charge is -2.06. The summed E-state index contributed by atoms with van der Waals surface area (Å²) in [5, 5.41) is 15.0. The Morgan fingerprint density at radius 3 is 2.94 bits per heavy atom. The number of benzene rings is 1. The predicted octanol–water partition coefficient (Wildman–Crippen LogP) is 1.71. The molecule has 7 heteroatoms. The van der Waals surface area contributed by atoms with Gasteiger partial charge in [-0.2, -0.15) is 4.68 Å². The highest BCUT2D eigenvalue weighted by Crippen LogP contribution is 2.20. The zero-order valence-electron chi connectivity index (χ0n) is 9.48. The van der Waals surface area contributed by atoms with Crippen molar-refractivity contribution in [2.45, 2.75) is 25.4 Å². The summed E-state index contributed by atoms with van der Waals surface area (Å²) in [7, 11) is 0. The Kier molecular flexibility index (Phi) is 2.97. The molecule has 1 aromatic carbocycles. The first kappa shape index (κ1) is 11.6. The highest BCUT2D eigenvalue weighted by molar-refractivity contribution is 6.30. The molecule has 0 saturated heterocycles. The van der Waals surface area contributed by atoms with Gasteiger partial charge in [-0.1, -0.05) is 11.6 Å². The molecule has 0 atom stereocenters. The quantitative estimate of drug-likeness (QED) is 0.916. The molecule has 2 aromatic rings. The molecule has 0 amide bonds. The summed E-state index contributed by atoms with van der Waals surface area (Å²) in [5.41, 5.74) is 0.526. The largest absolute Gasteiger partial charge is 0.307 e. The molecule has 0 spiro atoms. The summed E-state index contributed by atoms with van der Waals surface area (Å²) >= 11 is 5.82. The van der Waals surface area contributed by atoms with E-state index in [1.807, 2.05) is 0 Å². The standard InChI is InChI=1S/C11H11ClFN5/c12-7-3-8(13)5-10(4-7)18-11(15-16-17-18)6-14-9-1-2-9/h3-5,9,14H,1-2,6H2. The van der Waals surface area contributed by atoms with Crippen molar-refractivity contribution in [3.05, 3.63) is 34.9 Å². The predicted molar refractivity (Wildman–Crippen MR) is 64.0 cm³/mol. The average Bonchev–Trinajstić information content (AvgIpc) is 3.02. The second-order valence-corrected chi connectivity index (χ2v) is 4.73. The third-order valence-electron chi connectivity index (χ3n) is 2.75. The van der Waals surface area contributed by atoms with E-state index < -0.39 is 5.82 Å². The van der Waals surface area contributed by atoms with Crippen LogP contribution in [0, 0.1) is 5.82 Å². The van der Waals surface area contributed by atoms with E-state index in [4.69, 9.17) is 11.6 Å². The first-order valence-electron chi connectivity index (χ1n) is 5.69. The van der Waals surface area contributed by atoms with Crippen LogP contribution in [0.25, 0.3) is 5.69 Å². The Morgan fingerprint density at radius 1 is 1.39 bits per heavy atom. The SMILES string of the molecule is Fc1cc(Cl)cc(-n2nnnc2CNC2CC2)c1. The van der Waals surface area contributed by atoms with E-state index in [2.05, 4.69) is 20.8 Å². The van der Waals surface area contributed by atoms with E-state index >= 15 is 0 Å². The van der Waals surface area contributed by atoms with Crippen molar-refractivity contribution in [1.29, 1.82) is 0 Å². The van der Waals surface area contributed by atoms with Crippen molar-refractivity contribution in [3.8, 4) is 5.69 Å². The molecule has 1 saturated carbocycles. The fourth-order valence-electron chi connectivity index (χ4n) is 1.70. The minimum absolute atomic E-state index is 0.321. The van der Waals surface area contributed by atoms with E-state index in [0.717, 1.165) is 0 Å². The number of tetrazole rings is 1. The fraction of sp³-hybridized carbons (Fsp3) is 0.364. The monoisotopic (exact) mass is 267 g/mol. The van der Waals surface area contributed by atoms with E-state index in [0.29, 0.717) is 29.1 Å². The molecule has 5 nitrogen and oxygen atoms in total. The Balaban J connectivity index is 1.87. The number of nitrogens with zero attached hydrogens (tertiary/aromatic N) is 4. The summed E-state index contributed by atoms with van der Waals surface area (Å²) in [6, 6.07) is 4.79. The van der Waals surface area contributed by atoms with Crippen LogP contribution in [0.15, 0.2) is 18.2 Å². The molecule has 0 aliphatic heterocycles. The van der Waals surface area contributed by atoms with Gasteiger partial charge < -0.3 is 5.32 Å². The van der Waals surface area contributed by atoms with Gasteiger partial charge in [-0.15, -0.1) is 5.10 Å². The van der Waals surface area contributed by atoms with Crippen LogP contribution in [0.3, 0.4) is 0 Å².